The summed E-state index contributed by atoms with van der Waals surface area (Å²) in [6.07, 6.45) is 1.68. The van der Waals surface area contributed by atoms with Crippen molar-refractivity contribution in [3.63, 3.8) is 0 Å². The molecular formula is C12H10N2O2S. The molecule has 0 unspecified atom stereocenters. The number of hydrogen-bond donors (Lipinski definition) is 0. The van der Waals surface area contributed by atoms with Crippen LogP contribution in [-0.2, 0) is 0 Å². The monoisotopic (exact) mass is 246 g/mol. The molecule has 0 aromatic carbocycles. The summed E-state index contributed by atoms with van der Waals surface area (Å²) in [5, 5.41) is 6.60. The van der Waals surface area contributed by atoms with Crippen LogP contribution >= 0.6 is 11.3 Å². The molecule has 0 atom stereocenters. The summed E-state index contributed by atoms with van der Waals surface area (Å²) >= 11 is 1.55. The van der Waals surface area contributed by atoms with Crippen LogP contribution in [0, 0.1) is 13.8 Å². The Bertz CT molecular complexity index is 651. The average molecular weight is 246 g/mol. The van der Waals surface area contributed by atoms with Crippen LogP contribution in [0.3, 0.4) is 0 Å². The lowest BCUT2D eigenvalue weighted by Gasteiger charge is -1.90. The Morgan fingerprint density at radius 2 is 2.12 bits per heavy atom. The molecule has 17 heavy (non-hydrogen) atoms. The molecule has 0 amide bonds. The second-order valence-corrected chi connectivity index (χ2v) is 4.60. The number of nitrogens with zero attached hydrogens (tertiary/aromatic N) is 2. The minimum Gasteiger partial charge on any atom is -0.459 e. The van der Waals surface area contributed by atoms with Gasteiger partial charge < -0.3 is 8.94 Å². The molecule has 0 saturated carbocycles. The number of furan rings is 1. The molecule has 0 fully saturated rings. The van der Waals surface area contributed by atoms with Crippen LogP contribution in [0.1, 0.15) is 11.5 Å². The first-order valence-corrected chi connectivity index (χ1v) is 6.06. The van der Waals surface area contributed by atoms with Crippen LogP contribution < -0.4 is 0 Å². The van der Waals surface area contributed by atoms with Crippen molar-refractivity contribution >= 4 is 11.3 Å². The molecule has 86 valence electrons. The van der Waals surface area contributed by atoms with Gasteiger partial charge in [-0.25, -0.2) is 4.98 Å². The maximum absolute atomic E-state index is 5.54. The Kier molecular flexibility index (Phi) is 2.33. The van der Waals surface area contributed by atoms with Crippen molar-refractivity contribution in [2.75, 3.05) is 0 Å². The van der Waals surface area contributed by atoms with Crippen molar-refractivity contribution in [1.29, 1.82) is 0 Å². The van der Waals surface area contributed by atoms with Gasteiger partial charge in [0.2, 0.25) is 0 Å². The minimum absolute atomic E-state index is 0.775. The van der Waals surface area contributed by atoms with Gasteiger partial charge in [0.25, 0.3) is 0 Å². The Morgan fingerprint density at radius 3 is 2.76 bits per heavy atom. The third-order valence-electron chi connectivity index (χ3n) is 2.48. The summed E-state index contributed by atoms with van der Waals surface area (Å²) in [5.74, 6) is 2.46. The molecule has 0 N–H and O–H groups in total. The molecule has 0 aliphatic carbocycles. The van der Waals surface area contributed by atoms with Crippen molar-refractivity contribution in [2.24, 2.45) is 0 Å². The van der Waals surface area contributed by atoms with Gasteiger partial charge in [-0.2, -0.15) is 0 Å². The Morgan fingerprint density at radius 1 is 1.24 bits per heavy atom. The molecule has 0 bridgehead atoms. The van der Waals surface area contributed by atoms with Crippen LogP contribution in [0.25, 0.3) is 22.0 Å². The number of aryl methyl sites for hydroxylation is 2. The van der Waals surface area contributed by atoms with Crippen molar-refractivity contribution in [1.82, 2.24) is 10.1 Å². The predicted molar refractivity (Wildman–Crippen MR) is 64.8 cm³/mol. The van der Waals surface area contributed by atoms with Crippen molar-refractivity contribution in [3.05, 3.63) is 35.2 Å². The van der Waals surface area contributed by atoms with E-state index in [0.717, 1.165) is 33.5 Å². The summed E-state index contributed by atoms with van der Waals surface area (Å²) in [7, 11) is 0. The van der Waals surface area contributed by atoms with E-state index in [1.54, 1.807) is 17.5 Å². The van der Waals surface area contributed by atoms with Gasteiger partial charge in [0, 0.05) is 5.38 Å². The fourth-order valence-electron chi connectivity index (χ4n) is 1.60. The standard InChI is InChI=1S/C12H10N2O2S/c1-7-3-4-11(15-7)12-14-10(6-17-12)9-5-13-16-8(9)2/h3-6H,1-2H3. The fraction of sp³-hybridized carbons (Fsp3) is 0.167. The summed E-state index contributed by atoms with van der Waals surface area (Å²) in [4.78, 5) is 4.52. The van der Waals surface area contributed by atoms with Crippen molar-refractivity contribution in [3.8, 4) is 22.0 Å². The summed E-state index contributed by atoms with van der Waals surface area (Å²) in [5.41, 5.74) is 1.80. The van der Waals surface area contributed by atoms with Gasteiger partial charge in [-0.05, 0) is 26.0 Å². The van der Waals surface area contributed by atoms with E-state index in [2.05, 4.69) is 10.1 Å². The zero-order valence-corrected chi connectivity index (χ0v) is 10.2. The van der Waals surface area contributed by atoms with Crippen LogP contribution in [0.5, 0.6) is 0 Å². The Balaban J connectivity index is 2.01. The predicted octanol–water partition coefficient (Wildman–Crippen LogP) is 3.67. The van der Waals surface area contributed by atoms with Gasteiger partial charge in [0.1, 0.15) is 11.5 Å². The zero-order valence-electron chi connectivity index (χ0n) is 9.43. The number of thiazole rings is 1. The third kappa shape index (κ3) is 1.78. The zero-order chi connectivity index (χ0) is 11.8. The lowest BCUT2D eigenvalue weighted by Crippen LogP contribution is -1.77. The molecule has 5 heteroatoms. The molecule has 0 aliphatic rings. The SMILES string of the molecule is Cc1ccc(-c2nc(-c3cnoc3C)cs2)o1. The van der Waals surface area contributed by atoms with Gasteiger partial charge in [-0.1, -0.05) is 5.16 Å². The van der Waals surface area contributed by atoms with Gasteiger partial charge in [0.15, 0.2) is 10.8 Å². The van der Waals surface area contributed by atoms with Gasteiger partial charge in [-0.3, -0.25) is 0 Å². The highest BCUT2D eigenvalue weighted by Gasteiger charge is 2.13. The molecule has 3 rings (SSSR count). The van der Waals surface area contributed by atoms with Crippen LogP contribution in [0.4, 0.5) is 0 Å². The van der Waals surface area contributed by atoms with Gasteiger partial charge in [0.05, 0.1) is 17.5 Å². The van der Waals surface area contributed by atoms with E-state index in [1.165, 1.54) is 0 Å². The Labute approximate surface area is 102 Å². The van der Waals surface area contributed by atoms with E-state index in [0.29, 0.717) is 0 Å². The fourth-order valence-corrected chi connectivity index (χ4v) is 2.38. The molecule has 0 radical (unpaired) electrons. The topological polar surface area (TPSA) is 52.1 Å². The van der Waals surface area contributed by atoms with Gasteiger partial charge >= 0.3 is 0 Å². The number of aromatic nitrogens is 2. The summed E-state index contributed by atoms with van der Waals surface area (Å²) in [6.45, 7) is 3.79. The van der Waals surface area contributed by atoms with E-state index in [9.17, 15) is 0 Å². The summed E-state index contributed by atoms with van der Waals surface area (Å²) in [6, 6.07) is 3.86. The summed E-state index contributed by atoms with van der Waals surface area (Å²) < 4.78 is 10.6. The average Bonchev–Trinajstić information content (AvgIpc) is 2.97. The van der Waals surface area contributed by atoms with Crippen LogP contribution in [0.2, 0.25) is 0 Å². The van der Waals surface area contributed by atoms with Crippen molar-refractivity contribution < 1.29 is 8.94 Å². The molecule has 3 aromatic heterocycles. The highest BCUT2D eigenvalue weighted by Crippen LogP contribution is 2.30. The first-order valence-electron chi connectivity index (χ1n) is 5.18. The lowest BCUT2D eigenvalue weighted by atomic mass is 10.2. The molecular weight excluding hydrogens is 236 g/mol. The quantitative estimate of drug-likeness (QED) is 0.692. The smallest absolute Gasteiger partial charge is 0.162 e. The molecule has 0 saturated heterocycles. The molecule has 4 nitrogen and oxygen atoms in total. The van der Waals surface area contributed by atoms with Gasteiger partial charge in [-0.15, -0.1) is 11.3 Å². The normalized spacial score (nSPS) is 10.9. The molecule has 3 aromatic rings. The number of rotatable bonds is 2. The van der Waals surface area contributed by atoms with E-state index in [-0.39, 0.29) is 0 Å². The highest BCUT2D eigenvalue weighted by molar-refractivity contribution is 7.13. The first kappa shape index (κ1) is 10.3. The van der Waals surface area contributed by atoms with Crippen LogP contribution in [-0.4, -0.2) is 10.1 Å². The molecule has 0 spiro atoms. The van der Waals surface area contributed by atoms with E-state index in [4.69, 9.17) is 8.94 Å². The van der Waals surface area contributed by atoms with Crippen molar-refractivity contribution in [2.45, 2.75) is 13.8 Å². The third-order valence-corrected chi connectivity index (χ3v) is 3.34. The number of hydrogen-bond acceptors (Lipinski definition) is 5. The molecule has 3 heterocycles. The first-order chi connectivity index (χ1) is 8.24. The van der Waals surface area contributed by atoms with Crippen LogP contribution in [0.15, 0.2) is 32.6 Å². The maximum atomic E-state index is 5.54. The maximum Gasteiger partial charge on any atom is 0.162 e. The second-order valence-electron chi connectivity index (χ2n) is 3.74. The van der Waals surface area contributed by atoms with E-state index < -0.39 is 0 Å². The minimum atomic E-state index is 0.775. The largest absolute Gasteiger partial charge is 0.459 e. The Hall–Kier alpha value is -1.88. The second kappa shape index (κ2) is 3.85. The molecule has 0 aliphatic heterocycles. The lowest BCUT2D eigenvalue weighted by molar-refractivity contribution is 0.398. The van der Waals surface area contributed by atoms with E-state index in [1.807, 2.05) is 31.4 Å². The van der Waals surface area contributed by atoms with E-state index >= 15 is 0 Å². The highest BCUT2D eigenvalue weighted by atomic mass is 32.1.